The molecule has 0 unspecified atom stereocenters. The molecule has 0 aliphatic heterocycles. The van der Waals surface area contributed by atoms with Crippen molar-refractivity contribution in [3.8, 4) is 5.69 Å². The minimum atomic E-state index is -0.713. The molecule has 0 radical (unpaired) electrons. The van der Waals surface area contributed by atoms with Crippen molar-refractivity contribution >= 4 is 46.5 Å². The molecule has 1 atom stereocenters. The van der Waals surface area contributed by atoms with E-state index in [2.05, 4.69) is 22.2 Å². The summed E-state index contributed by atoms with van der Waals surface area (Å²) in [6.07, 6.45) is 4.10. The number of aromatic nitrogens is 2. The molecular formula is C35H44IN5O6. The van der Waals surface area contributed by atoms with Gasteiger partial charge in [-0.3, -0.25) is 9.36 Å². The average molecular weight is 758 g/mol. The smallest absolute Gasteiger partial charge is 0.410 e. The number of allylic oxidation sites excluding steroid dienone is 1. The molecule has 252 valence electrons. The quantitative estimate of drug-likeness (QED) is 0.113. The number of benzene rings is 2. The van der Waals surface area contributed by atoms with E-state index < -0.39 is 29.1 Å². The molecule has 0 bridgehead atoms. The molecule has 3 rings (SSSR count). The highest BCUT2D eigenvalue weighted by atomic mass is 127. The fourth-order valence-electron chi connectivity index (χ4n) is 4.56. The number of anilines is 1. The van der Waals surface area contributed by atoms with E-state index in [-0.39, 0.29) is 17.8 Å². The van der Waals surface area contributed by atoms with Crippen LogP contribution in [0.1, 0.15) is 82.8 Å². The third kappa shape index (κ3) is 11.8. The molecule has 0 aliphatic carbocycles. The van der Waals surface area contributed by atoms with Gasteiger partial charge in [-0.05, 0) is 113 Å². The number of ether oxygens (including phenoxy) is 2. The van der Waals surface area contributed by atoms with E-state index in [1.165, 1.54) is 4.57 Å². The molecule has 3 aromatic rings. The second-order valence-electron chi connectivity index (χ2n) is 12.8. The summed E-state index contributed by atoms with van der Waals surface area (Å²) in [4.78, 5) is 57.1. The number of alkyl carbamates (subject to hydrolysis) is 1. The number of nitrogens with one attached hydrogen (secondary N) is 2. The number of carbonyl (C=O) groups is 3. The van der Waals surface area contributed by atoms with E-state index in [1.807, 2.05) is 61.6 Å². The fourth-order valence-corrected chi connectivity index (χ4v) is 5.09. The Balaban J connectivity index is 1.84. The van der Waals surface area contributed by atoms with Gasteiger partial charge in [0, 0.05) is 24.8 Å². The molecule has 1 heterocycles. The summed E-state index contributed by atoms with van der Waals surface area (Å²) in [6, 6.07) is 15.6. The average Bonchev–Trinajstić information content (AvgIpc) is 2.98. The minimum Gasteiger partial charge on any atom is -0.444 e. The molecule has 0 spiro atoms. The lowest BCUT2D eigenvalue weighted by Gasteiger charge is -2.34. The Morgan fingerprint density at radius 2 is 1.64 bits per heavy atom. The van der Waals surface area contributed by atoms with E-state index in [0.717, 1.165) is 5.56 Å². The molecular weight excluding hydrogens is 713 g/mol. The standard InChI is InChI=1S/C35H44IN5O6/c1-8-9-16-28(40(33(45)47-35(5,6)7)22-13-21-37-32(44)46-34(2,3)4)24-17-19-26(20-18-24)41-23-27(36)29(39-31(41)43)38-30(42)25-14-11-10-12-15-25/h8,10-12,14-15,17-20,23,28H,1,9,13,16,21-22H2,2-7H3,(H,37,44)(H,38,39,42,43)/t28-/m0/s1. The second kappa shape index (κ2) is 16.6. The Morgan fingerprint density at radius 3 is 2.23 bits per heavy atom. The SMILES string of the molecule is C=CCC[C@@H](c1ccc(-n2cc(I)c(NC(=O)c3ccccc3)nc2=O)cc1)N(CCCNC(=O)OC(C)(C)C)C(=O)OC(C)(C)C. The zero-order valence-electron chi connectivity index (χ0n) is 27.8. The van der Waals surface area contributed by atoms with Crippen molar-refractivity contribution in [2.75, 3.05) is 18.4 Å². The van der Waals surface area contributed by atoms with Crippen molar-refractivity contribution in [2.24, 2.45) is 0 Å². The van der Waals surface area contributed by atoms with Crippen molar-refractivity contribution in [1.82, 2.24) is 19.8 Å². The maximum absolute atomic E-state index is 13.5. The molecule has 3 amide bonds. The normalized spacial score (nSPS) is 12.1. The number of nitrogens with zero attached hydrogens (tertiary/aromatic N) is 3. The first-order valence-electron chi connectivity index (χ1n) is 15.4. The summed E-state index contributed by atoms with van der Waals surface area (Å²) in [7, 11) is 0. The monoisotopic (exact) mass is 757 g/mol. The summed E-state index contributed by atoms with van der Waals surface area (Å²) in [5.74, 6) is -0.186. The van der Waals surface area contributed by atoms with Gasteiger partial charge in [0.05, 0.1) is 15.3 Å². The number of amides is 3. The maximum atomic E-state index is 13.5. The lowest BCUT2D eigenvalue weighted by Crippen LogP contribution is -2.41. The van der Waals surface area contributed by atoms with Crippen LogP contribution in [-0.2, 0) is 9.47 Å². The van der Waals surface area contributed by atoms with Gasteiger partial charge < -0.3 is 25.0 Å². The van der Waals surface area contributed by atoms with Gasteiger partial charge in [0.25, 0.3) is 5.91 Å². The van der Waals surface area contributed by atoms with Crippen LogP contribution in [0, 0.1) is 3.57 Å². The molecule has 12 heteroatoms. The Bertz CT molecular complexity index is 1590. The van der Waals surface area contributed by atoms with E-state index in [1.54, 1.807) is 74.3 Å². The van der Waals surface area contributed by atoms with E-state index in [9.17, 15) is 19.2 Å². The van der Waals surface area contributed by atoms with Gasteiger partial charge in [-0.15, -0.1) is 6.58 Å². The summed E-state index contributed by atoms with van der Waals surface area (Å²) < 4.78 is 13.1. The molecule has 0 saturated carbocycles. The van der Waals surface area contributed by atoms with Crippen LogP contribution in [0.15, 0.2) is 78.2 Å². The van der Waals surface area contributed by atoms with Gasteiger partial charge in [-0.25, -0.2) is 14.4 Å². The largest absolute Gasteiger partial charge is 0.444 e. The Hall–Kier alpha value is -4.20. The minimum absolute atomic E-state index is 0.177. The highest BCUT2D eigenvalue weighted by molar-refractivity contribution is 14.1. The second-order valence-corrected chi connectivity index (χ2v) is 14.0. The molecule has 2 aromatic carbocycles. The van der Waals surface area contributed by atoms with Crippen molar-refractivity contribution in [1.29, 1.82) is 0 Å². The van der Waals surface area contributed by atoms with E-state index in [0.29, 0.717) is 47.2 Å². The van der Waals surface area contributed by atoms with Crippen molar-refractivity contribution < 1.29 is 23.9 Å². The van der Waals surface area contributed by atoms with E-state index in [4.69, 9.17) is 9.47 Å². The lowest BCUT2D eigenvalue weighted by atomic mass is 9.99. The molecule has 1 aromatic heterocycles. The zero-order chi connectivity index (χ0) is 34.8. The van der Waals surface area contributed by atoms with Gasteiger partial charge in [0.2, 0.25) is 0 Å². The highest BCUT2D eigenvalue weighted by Crippen LogP contribution is 2.29. The van der Waals surface area contributed by atoms with Gasteiger partial charge >= 0.3 is 17.9 Å². The molecule has 2 N–H and O–H groups in total. The van der Waals surface area contributed by atoms with Crippen LogP contribution in [0.25, 0.3) is 5.69 Å². The molecule has 11 nitrogen and oxygen atoms in total. The van der Waals surface area contributed by atoms with Crippen LogP contribution in [0.3, 0.4) is 0 Å². The Morgan fingerprint density at radius 1 is 1.00 bits per heavy atom. The summed E-state index contributed by atoms with van der Waals surface area (Å²) in [6.45, 7) is 15.3. The Labute approximate surface area is 289 Å². The highest BCUT2D eigenvalue weighted by Gasteiger charge is 2.29. The van der Waals surface area contributed by atoms with Crippen LogP contribution in [0.4, 0.5) is 15.4 Å². The van der Waals surface area contributed by atoms with Crippen LogP contribution < -0.4 is 16.3 Å². The van der Waals surface area contributed by atoms with Crippen molar-refractivity contribution in [2.45, 2.75) is 78.0 Å². The molecule has 0 aliphatic rings. The van der Waals surface area contributed by atoms with Crippen molar-refractivity contribution in [3.63, 3.8) is 0 Å². The first-order chi connectivity index (χ1) is 22.1. The predicted octanol–water partition coefficient (Wildman–Crippen LogP) is 7.25. The molecule has 0 fully saturated rings. The van der Waals surface area contributed by atoms with Gasteiger partial charge in [-0.2, -0.15) is 4.98 Å². The number of rotatable bonds is 12. The van der Waals surface area contributed by atoms with Gasteiger partial charge in [-0.1, -0.05) is 36.4 Å². The van der Waals surface area contributed by atoms with Crippen LogP contribution in [0.5, 0.6) is 0 Å². The maximum Gasteiger partial charge on any atom is 0.410 e. The fraction of sp³-hybridized carbons (Fsp3) is 0.400. The predicted molar refractivity (Wildman–Crippen MR) is 191 cm³/mol. The lowest BCUT2D eigenvalue weighted by molar-refractivity contribution is 0.0146. The van der Waals surface area contributed by atoms with Gasteiger partial charge in [0.15, 0.2) is 5.82 Å². The van der Waals surface area contributed by atoms with E-state index >= 15 is 0 Å². The summed E-state index contributed by atoms with van der Waals surface area (Å²) >= 11 is 2.03. The third-order valence-corrected chi connectivity index (χ3v) is 7.39. The van der Waals surface area contributed by atoms with Crippen molar-refractivity contribution in [3.05, 3.63) is 98.6 Å². The van der Waals surface area contributed by atoms with Crippen LogP contribution >= 0.6 is 22.6 Å². The zero-order valence-corrected chi connectivity index (χ0v) is 30.0. The summed E-state index contributed by atoms with van der Waals surface area (Å²) in [5.41, 5.74) is -0.0289. The summed E-state index contributed by atoms with van der Waals surface area (Å²) in [5, 5.41) is 5.45. The first-order valence-corrected chi connectivity index (χ1v) is 16.5. The third-order valence-electron chi connectivity index (χ3n) is 6.60. The number of hydrogen-bond acceptors (Lipinski definition) is 7. The Kier molecular flexibility index (Phi) is 13.1. The first kappa shape index (κ1) is 37.3. The molecule has 47 heavy (non-hydrogen) atoms. The van der Waals surface area contributed by atoms with Crippen LogP contribution in [-0.4, -0.2) is 56.8 Å². The number of carbonyl (C=O) groups excluding carboxylic acids is 3. The topological polar surface area (TPSA) is 132 Å². The molecule has 0 saturated heterocycles. The van der Waals surface area contributed by atoms with Gasteiger partial charge in [0.1, 0.15) is 11.2 Å². The number of halogens is 1. The number of hydrogen-bond donors (Lipinski definition) is 2. The van der Waals surface area contributed by atoms with Crippen LogP contribution in [0.2, 0.25) is 0 Å².